The molecule has 0 saturated heterocycles. The van der Waals surface area contributed by atoms with Crippen LogP contribution in [0.1, 0.15) is 5.56 Å². The number of pyridine rings is 2. The van der Waals surface area contributed by atoms with E-state index in [0.29, 0.717) is 5.69 Å². The standard InChI is InChI=1S/C19H17N3O2S/c1-24-16-6-4-5-14(11-16)12-17(23)22-15-8-10-21-19(13-15)25-18-7-2-3-9-20-18/h2-11,13H,12H2,1H3,(H,21,22,23). The van der Waals surface area contributed by atoms with Crippen molar-refractivity contribution in [1.82, 2.24) is 9.97 Å². The van der Waals surface area contributed by atoms with Gasteiger partial charge in [-0.2, -0.15) is 0 Å². The molecule has 1 N–H and O–H groups in total. The van der Waals surface area contributed by atoms with Crippen LogP contribution in [-0.4, -0.2) is 23.0 Å². The second-order valence-electron chi connectivity index (χ2n) is 5.23. The summed E-state index contributed by atoms with van der Waals surface area (Å²) in [6.07, 6.45) is 3.69. The van der Waals surface area contributed by atoms with E-state index in [-0.39, 0.29) is 12.3 Å². The number of hydrogen-bond donors (Lipinski definition) is 1. The van der Waals surface area contributed by atoms with Crippen molar-refractivity contribution in [3.05, 3.63) is 72.6 Å². The number of anilines is 1. The van der Waals surface area contributed by atoms with Crippen LogP contribution in [0.3, 0.4) is 0 Å². The number of ether oxygens (including phenoxy) is 1. The van der Waals surface area contributed by atoms with E-state index in [2.05, 4.69) is 15.3 Å². The monoisotopic (exact) mass is 351 g/mol. The summed E-state index contributed by atoms with van der Waals surface area (Å²) in [7, 11) is 1.61. The van der Waals surface area contributed by atoms with Gasteiger partial charge in [0.25, 0.3) is 0 Å². The molecule has 0 aliphatic rings. The lowest BCUT2D eigenvalue weighted by Gasteiger charge is -2.08. The largest absolute Gasteiger partial charge is 0.497 e. The maximum absolute atomic E-state index is 12.3. The Labute approximate surface area is 150 Å². The molecule has 0 fully saturated rings. The lowest BCUT2D eigenvalue weighted by atomic mass is 10.1. The van der Waals surface area contributed by atoms with Crippen LogP contribution in [-0.2, 0) is 11.2 Å². The van der Waals surface area contributed by atoms with Crippen LogP contribution in [0.2, 0.25) is 0 Å². The zero-order valence-corrected chi connectivity index (χ0v) is 14.5. The van der Waals surface area contributed by atoms with Gasteiger partial charge in [-0.25, -0.2) is 9.97 Å². The molecule has 126 valence electrons. The maximum Gasteiger partial charge on any atom is 0.228 e. The lowest BCUT2D eigenvalue weighted by molar-refractivity contribution is -0.115. The molecule has 1 aromatic carbocycles. The van der Waals surface area contributed by atoms with Crippen molar-refractivity contribution < 1.29 is 9.53 Å². The minimum absolute atomic E-state index is 0.0896. The van der Waals surface area contributed by atoms with Crippen LogP contribution >= 0.6 is 11.8 Å². The van der Waals surface area contributed by atoms with Crippen LogP contribution in [0.4, 0.5) is 5.69 Å². The van der Waals surface area contributed by atoms with Crippen LogP contribution in [0.5, 0.6) is 5.75 Å². The maximum atomic E-state index is 12.3. The van der Waals surface area contributed by atoms with Gasteiger partial charge in [0.05, 0.1) is 13.5 Å². The smallest absolute Gasteiger partial charge is 0.228 e. The van der Waals surface area contributed by atoms with Gasteiger partial charge in [0, 0.05) is 18.1 Å². The van der Waals surface area contributed by atoms with E-state index in [1.807, 2.05) is 48.5 Å². The zero-order valence-electron chi connectivity index (χ0n) is 13.7. The summed E-state index contributed by atoms with van der Waals surface area (Å²) in [5, 5.41) is 4.53. The fourth-order valence-electron chi connectivity index (χ4n) is 2.23. The van der Waals surface area contributed by atoms with Gasteiger partial charge in [0.2, 0.25) is 5.91 Å². The zero-order chi connectivity index (χ0) is 17.5. The van der Waals surface area contributed by atoms with E-state index in [4.69, 9.17) is 4.74 Å². The molecule has 1 amide bonds. The van der Waals surface area contributed by atoms with Crippen LogP contribution in [0.15, 0.2) is 77.0 Å². The molecule has 0 atom stereocenters. The Morgan fingerprint density at radius 3 is 2.72 bits per heavy atom. The summed E-state index contributed by atoms with van der Waals surface area (Å²) in [6, 6.07) is 16.8. The normalized spacial score (nSPS) is 10.3. The third-order valence-corrected chi connectivity index (χ3v) is 4.25. The molecule has 5 nitrogen and oxygen atoms in total. The van der Waals surface area contributed by atoms with Gasteiger partial charge >= 0.3 is 0 Å². The second-order valence-corrected chi connectivity index (χ2v) is 6.27. The Bertz CT molecular complexity index is 856. The lowest BCUT2D eigenvalue weighted by Crippen LogP contribution is -2.14. The van der Waals surface area contributed by atoms with Crippen LogP contribution < -0.4 is 10.1 Å². The average molecular weight is 351 g/mol. The molecule has 3 rings (SSSR count). The summed E-state index contributed by atoms with van der Waals surface area (Å²) in [5.41, 5.74) is 1.61. The highest BCUT2D eigenvalue weighted by atomic mass is 32.2. The van der Waals surface area contributed by atoms with Gasteiger partial charge in [-0.15, -0.1) is 0 Å². The first-order chi connectivity index (χ1) is 12.2. The topological polar surface area (TPSA) is 64.1 Å². The van der Waals surface area contributed by atoms with E-state index in [1.165, 1.54) is 11.8 Å². The molecule has 0 saturated carbocycles. The molecule has 0 aliphatic heterocycles. The van der Waals surface area contributed by atoms with E-state index in [0.717, 1.165) is 21.4 Å². The van der Waals surface area contributed by atoms with Gasteiger partial charge in [-0.05, 0) is 42.0 Å². The fraction of sp³-hybridized carbons (Fsp3) is 0.105. The highest BCUT2D eigenvalue weighted by Crippen LogP contribution is 2.25. The second kappa shape index (κ2) is 8.30. The van der Waals surface area contributed by atoms with Crippen molar-refractivity contribution in [1.29, 1.82) is 0 Å². The molecule has 3 aromatic rings. The van der Waals surface area contributed by atoms with E-state index in [1.54, 1.807) is 25.6 Å². The minimum Gasteiger partial charge on any atom is -0.497 e. The quantitative estimate of drug-likeness (QED) is 0.731. The van der Waals surface area contributed by atoms with E-state index >= 15 is 0 Å². The Morgan fingerprint density at radius 1 is 1.04 bits per heavy atom. The van der Waals surface area contributed by atoms with Crippen molar-refractivity contribution in [3.63, 3.8) is 0 Å². The fourth-order valence-corrected chi connectivity index (χ4v) is 3.00. The van der Waals surface area contributed by atoms with Crippen molar-refractivity contribution in [2.24, 2.45) is 0 Å². The Hall–Kier alpha value is -2.86. The molecular weight excluding hydrogens is 334 g/mol. The van der Waals surface area contributed by atoms with Crippen molar-refractivity contribution in [3.8, 4) is 5.75 Å². The third-order valence-electron chi connectivity index (χ3n) is 3.36. The molecule has 2 aromatic heterocycles. The SMILES string of the molecule is COc1cccc(CC(=O)Nc2ccnc(Sc3ccccn3)c2)c1. The van der Waals surface area contributed by atoms with Crippen molar-refractivity contribution in [2.45, 2.75) is 16.5 Å². The summed E-state index contributed by atoms with van der Waals surface area (Å²) < 4.78 is 5.18. The molecule has 0 bridgehead atoms. The number of rotatable bonds is 6. The Kier molecular flexibility index (Phi) is 5.64. The third kappa shape index (κ3) is 5.06. The first-order valence-electron chi connectivity index (χ1n) is 7.70. The van der Waals surface area contributed by atoms with Crippen molar-refractivity contribution in [2.75, 3.05) is 12.4 Å². The van der Waals surface area contributed by atoms with E-state index in [9.17, 15) is 4.79 Å². The molecular formula is C19H17N3O2S. The van der Waals surface area contributed by atoms with Gasteiger partial charge in [-0.3, -0.25) is 4.79 Å². The molecule has 0 radical (unpaired) electrons. The summed E-state index contributed by atoms with van der Waals surface area (Å²) in [4.78, 5) is 20.8. The highest BCUT2D eigenvalue weighted by molar-refractivity contribution is 7.99. The van der Waals surface area contributed by atoms with Gasteiger partial charge in [0.15, 0.2) is 0 Å². The molecule has 25 heavy (non-hydrogen) atoms. The number of benzene rings is 1. The first kappa shape index (κ1) is 17.0. The number of amides is 1. The summed E-state index contributed by atoms with van der Waals surface area (Å²) in [6.45, 7) is 0. The molecule has 2 heterocycles. The minimum atomic E-state index is -0.0896. The number of aromatic nitrogens is 2. The Balaban J connectivity index is 1.64. The molecule has 0 spiro atoms. The molecule has 0 unspecified atom stereocenters. The van der Waals surface area contributed by atoms with Gasteiger partial charge < -0.3 is 10.1 Å². The van der Waals surface area contributed by atoms with Crippen LogP contribution in [0, 0.1) is 0 Å². The first-order valence-corrected chi connectivity index (χ1v) is 8.52. The summed E-state index contributed by atoms with van der Waals surface area (Å²) in [5.74, 6) is 0.650. The van der Waals surface area contributed by atoms with Gasteiger partial charge in [-0.1, -0.05) is 30.0 Å². The number of nitrogens with one attached hydrogen (secondary N) is 1. The number of carbonyl (C=O) groups excluding carboxylic acids is 1. The van der Waals surface area contributed by atoms with E-state index < -0.39 is 0 Å². The molecule has 6 heteroatoms. The summed E-state index contributed by atoms with van der Waals surface area (Å²) >= 11 is 1.45. The number of carbonyl (C=O) groups is 1. The predicted octanol–water partition coefficient (Wildman–Crippen LogP) is 3.82. The highest BCUT2D eigenvalue weighted by Gasteiger charge is 2.07. The Morgan fingerprint density at radius 2 is 1.92 bits per heavy atom. The van der Waals surface area contributed by atoms with Crippen LogP contribution in [0.25, 0.3) is 0 Å². The number of methoxy groups -OCH3 is 1. The predicted molar refractivity (Wildman–Crippen MR) is 97.9 cm³/mol. The van der Waals surface area contributed by atoms with Crippen molar-refractivity contribution >= 4 is 23.4 Å². The molecule has 0 aliphatic carbocycles. The number of nitrogens with zero attached hydrogens (tertiary/aromatic N) is 2. The number of hydrogen-bond acceptors (Lipinski definition) is 5. The van der Waals surface area contributed by atoms with Gasteiger partial charge in [0.1, 0.15) is 15.8 Å². The average Bonchev–Trinajstić information content (AvgIpc) is 2.63.